The summed E-state index contributed by atoms with van der Waals surface area (Å²) in [5.74, 6) is -0.152. The van der Waals surface area contributed by atoms with E-state index in [-0.39, 0.29) is 18.0 Å². The van der Waals surface area contributed by atoms with Gasteiger partial charge in [-0.3, -0.25) is 4.79 Å². The number of nitrogens with one attached hydrogen (secondary N) is 1. The number of amides is 1. The molecular formula is C47H50ClNO4. The molecule has 0 saturated carbocycles. The van der Waals surface area contributed by atoms with Crippen molar-refractivity contribution in [1.29, 1.82) is 0 Å². The number of fused-ring (bicyclic) bond motifs is 3. The van der Waals surface area contributed by atoms with E-state index in [9.17, 15) is 9.59 Å². The molecule has 1 aliphatic rings. The van der Waals surface area contributed by atoms with Gasteiger partial charge in [-0.1, -0.05) is 190 Å². The zero-order valence-corrected chi connectivity index (χ0v) is 31.2. The van der Waals surface area contributed by atoms with Gasteiger partial charge in [0.05, 0.1) is 0 Å². The lowest BCUT2D eigenvalue weighted by Crippen LogP contribution is -2.35. The predicted octanol–water partition coefficient (Wildman–Crippen LogP) is 12.0. The Kier molecular flexibility index (Phi) is 13.8. The smallest absolute Gasteiger partial charge is 0.407 e. The summed E-state index contributed by atoms with van der Waals surface area (Å²) in [7, 11) is 0. The Labute approximate surface area is 319 Å². The van der Waals surface area contributed by atoms with Crippen molar-refractivity contribution in [3.05, 3.63) is 166 Å². The van der Waals surface area contributed by atoms with Crippen LogP contribution in [-0.2, 0) is 19.9 Å². The summed E-state index contributed by atoms with van der Waals surface area (Å²) in [4.78, 5) is 25.9. The maximum absolute atomic E-state index is 13.5. The fraction of sp³-hybridized carbons (Fsp3) is 0.319. The number of halogens is 1. The van der Waals surface area contributed by atoms with Crippen molar-refractivity contribution < 1.29 is 19.1 Å². The number of esters is 1. The fourth-order valence-electron chi connectivity index (χ4n) is 7.61. The zero-order valence-electron chi connectivity index (χ0n) is 30.5. The van der Waals surface area contributed by atoms with Crippen LogP contribution in [0.5, 0.6) is 0 Å². The van der Waals surface area contributed by atoms with Crippen molar-refractivity contribution in [2.75, 3.05) is 13.2 Å². The van der Waals surface area contributed by atoms with Crippen LogP contribution in [0, 0.1) is 0 Å². The molecule has 0 fully saturated rings. The molecule has 0 bridgehead atoms. The number of ether oxygens (including phenoxy) is 2. The Balaban J connectivity index is 0.840. The zero-order chi connectivity index (χ0) is 36.7. The number of unbranched alkanes of at least 4 members (excludes halogenated alkanes) is 9. The van der Waals surface area contributed by atoms with Gasteiger partial charge in [0, 0.05) is 40.6 Å². The minimum Gasteiger partial charge on any atom is -0.449 e. The maximum atomic E-state index is 13.5. The van der Waals surface area contributed by atoms with E-state index in [4.69, 9.17) is 21.1 Å². The van der Waals surface area contributed by atoms with E-state index < -0.39 is 5.60 Å². The van der Waals surface area contributed by atoms with Crippen LogP contribution < -0.4 is 5.32 Å². The lowest BCUT2D eigenvalue weighted by molar-refractivity contribution is -0.153. The molecule has 0 spiro atoms. The Morgan fingerprint density at radius 3 is 1.60 bits per heavy atom. The molecule has 5 nitrogen and oxygen atoms in total. The lowest BCUT2D eigenvalue weighted by atomic mass is 9.80. The first-order valence-corrected chi connectivity index (χ1v) is 19.6. The highest BCUT2D eigenvalue weighted by Crippen LogP contribution is 2.45. The molecule has 0 aromatic heterocycles. The first-order valence-electron chi connectivity index (χ1n) is 19.2. The molecule has 0 aliphatic heterocycles. The Morgan fingerprint density at radius 2 is 1.04 bits per heavy atom. The van der Waals surface area contributed by atoms with Crippen molar-refractivity contribution in [2.45, 2.75) is 82.1 Å². The molecule has 274 valence electrons. The van der Waals surface area contributed by atoms with Crippen LogP contribution >= 0.6 is 11.6 Å². The molecule has 6 heteroatoms. The van der Waals surface area contributed by atoms with E-state index in [0.717, 1.165) is 61.6 Å². The monoisotopic (exact) mass is 727 g/mol. The van der Waals surface area contributed by atoms with E-state index in [1.165, 1.54) is 41.5 Å². The number of benzene rings is 5. The largest absolute Gasteiger partial charge is 0.449 e. The van der Waals surface area contributed by atoms with E-state index in [1.807, 2.05) is 97.1 Å². The summed E-state index contributed by atoms with van der Waals surface area (Å²) in [5.41, 5.74) is 6.23. The number of carbonyl (C=O) groups is 2. The standard InChI is InChI=1S/C47H50ClNO4/c48-44-32-21-20-31-43(44)47(36-23-11-9-12-24-36,37-25-13-10-14-26-37)53-45(50)33-15-7-5-3-1-2-4-6-8-22-34-49-46(51)52-35-42-40-29-18-16-27-38(40)39-28-17-19-30-41(39)42/h9-14,16-21,23-32,42H,1-8,15,22,33-35H2,(H,49,51). The summed E-state index contributed by atoms with van der Waals surface area (Å²) in [5, 5.41) is 3.49. The van der Waals surface area contributed by atoms with Crippen LogP contribution in [0.25, 0.3) is 11.1 Å². The first-order chi connectivity index (χ1) is 26.1. The van der Waals surface area contributed by atoms with Gasteiger partial charge in [-0.15, -0.1) is 0 Å². The minimum atomic E-state index is -1.15. The molecule has 0 heterocycles. The molecule has 0 saturated heterocycles. The third kappa shape index (κ3) is 9.57. The SMILES string of the molecule is O=C(CCCCCCCCCCCCNC(=O)OCC1c2ccccc2-c2ccccc21)OC(c1ccccc1)(c1ccccc1)c1ccccc1Cl. The minimum absolute atomic E-state index is 0.0785. The van der Waals surface area contributed by atoms with E-state index in [2.05, 4.69) is 41.7 Å². The predicted molar refractivity (Wildman–Crippen MR) is 214 cm³/mol. The van der Waals surface area contributed by atoms with Crippen molar-refractivity contribution in [2.24, 2.45) is 0 Å². The highest BCUT2D eigenvalue weighted by atomic mass is 35.5. The van der Waals surface area contributed by atoms with Crippen LogP contribution in [0.15, 0.2) is 133 Å². The fourth-order valence-corrected chi connectivity index (χ4v) is 7.88. The Morgan fingerprint density at radius 1 is 0.566 bits per heavy atom. The molecule has 53 heavy (non-hydrogen) atoms. The molecule has 1 aliphatic carbocycles. The number of carbonyl (C=O) groups excluding carboxylic acids is 2. The molecular weight excluding hydrogens is 678 g/mol. The van der Waals surface area contributed by atoms with Gasteiger partial charge in [0.1, 0.15) is 6.61 Å². The van der Waals surface area contributed by atoms with Gasteiger partial charge in [-0.25, -0.2) is 4.79 Å². The van der Waals surface area contributed by atoms with Gasteiger partial charge in [-0.2, -0.15) is 0 Å². The highest BCUT2D eigenvalue weighted by molar-refractivity contribution is 6.31. The van der Waals surface area contributed by atoms with Crippen LogP contribution in [0.2, 0.25) is 5.02 Å². The van der Waals surface area contributed by atoms with Crippen molar-refractivity contribution in [3.63, 3.8) is 0 Å². The van der Waals surface area contributed by atoms with Crippen molar-refractivity contribution in [3.8, 4) is 11.1 Å². The van der Waals surface area contributed by atoms with Gasteiger partial charge in [-0.05, 0) is 41.2 Å². The van der Waals surface area contributed by atoms with Gasteiger partial charge in [0.15, 0.2) is 5.60 Å². The number of hydrogen-bond donors (Lipinski definition) is 1. The summed E-state index contributed by atoms with van der Waals surface area (Å²) in [6.45, 7) is 0.978. The second kappa shape index (κ2) is 19.3. The molecule has 0 unspecified atom stereocenters. The van der Waals surface area contributed by atoms with Gasteiger partial charge in [0.2, 0.25) is 0 Å². The molecule has 1 N–H and O–H groups in total. The summed E-state index contributed by atoms with van der Waals surface area (Å²) >= 11 is 6.77. The van der Waals surface area contributed by atoms with Crippen LogP contribution in [0.4, 0.5) is 4.79 Å². The number of rotatable bonds is 19. The second-order valence-electron chi connectivity index (χ2n) is 13.9. The number of alkyl carbamates (subject to hydrolysis) is 1. The molecule has 0 atom stereocenters. The average molecular weight is 728 g/mol. The Bertz CT molecular complexity index is 1830. The van der Waals surface area contributed by atoms with Gasteiger partial charge in [0.25, 0.3) is 0 Å². The van der Waals surface area contributed by atoms with E-state index in [0.29, 0.717) is 24.6 Å². The third-order valence-corrected chi connectivity index (χ3v) is 10.6. The van der Waals surface area contributed by atoms with E-state index >= 15 is 0 Å². The van der Waals surface area contributed by atoms with Gasteiger partial charge < -0.3 is 14.8 Å². The second-order valence-corrected chi connectivity index (χ2v) is 14.3. The van der Waals surface area contributed by atoms with Crippen molar-refractivity contribution >= 4 is 23.7 Å². The van der Waals surface area contributed by atoms with Crippen LogP contribution in [0.1, 0.15) is 104 Å². The van der Waals surface area contributed by atoms with E-state index in [1.54, 1.807) is 0 Å². The van der Waals surface area contributed by atoms with Crippen LogP contribution in [-0.4, -0.2) is 25.2 Å². The Hall–Kier alpha value is -4.87. The maximum Gasteiger partial charge on any atom is 0.407 e. The summed E-state index contributed by atoms with van der Waals surface area (Å²) in [6.07, 6.45) is 10.9. The number of hydrogen-bond acceptors (Lipinski definition) is 4. The third-order valence-electron chi connectivity index (χ3n) is 10.3. The van der Waals surface area contributed by atoms with Crippen molar-refractivity contribution in [1.82, 2.24) is 5.32 Å². The molecule has 5 aromatic carbocycles. The molecule has 6 rings (SSSR count). The topological polar surface area (TPSA) is 64.6 Å². The normalized spacial score (nSPS) is 12.2. The van der Waals surface area contributed by atoms with Crippen LogP contribution in [0.3, 0.4) is 0 Å². The van der Waals surface area contributed by atoms with Gasteiger partial charge >= 0.3 is 12.1 Å². The molecule has 5 aromatic rings. The highest BCUT2D eigenvalue weighted by Gasteiger charge is 2.42. The summed E-state index contributed by atoms with van der Waals surface area (Å²) < 4.78 is 12.1. The molecule has 0 radical (unpaired) electrons. The first kappa shape index (κ1) is 37.9. The summed E-state index contributed by atoms with van der Waals surface area (Å²) in [6, 6.07) is 44.1. The molecule has 1 amide bonds. The average Bonchev–Trinajstić information content (AvgIpc) is 3.52. The lowest BCUT2D eigenvalue weighted by Gasteiger charge is -2.36. The quantitative estimate of drug-likeness (QED) is 0.0522.